The third-order valence-electron chi connectivity index (χ3n) is 0.943. The van der Waals surface area contributed by atoms with Crippen LogP contribution < -0.4 is 0 Å². The van der Waals surface area contributed by atoms with E-state index in [1.165, 1.54) is 0 Å². The van der Waals surface area contributed by atoms with Crippen molar-refractivity contribution in [1.29, 1.82) is 0 Å². The minimum Gasteiger partial charge on any atom is -0.659 e. The molecule has 0 saturated carbocycles. The molecule has 0 atom stereocenters. The van der Waals surface area contributed by atoms with Crippen LogP contribution in [-0.2, 0) is 6.54 Å². The number of rotatable bonds is 2. The Labute approximate surface area is 53.7 Å². The Bertz CT molecular complexity index is 181. The molecule has 50 valence electrons. The fraction of sp³-hybridized carbons (Fsp3) is 0.600. The van der Waals surface area contributed by atoms with E-state index in [1.807, 2.05) is 6.92 Å². The molecule has 1 aromatic heterocycles. The monoisotopic (exact) mass is 125 g/mol. The second kappa shape index (κ2) is 2.59. The molecule has 0 amide bonds. The number of aromatic nitrogens is 3. The molecule has 0 aliphatic rings. The molecule has 0 unspecified atom stereocenters. The highest BCUT2D eigenvalue weighted by Gasteiger charge is 1.89. The summed E-state index contributed by atoms with van der Waals surface area (Å²) in [6, 6.07) is 0. The van der Waals surface area contributed by atoms with E-state index in [1.54, 1.807) is 7.05 Å². The molecule has 1 heterocycles. The van der Waals surface area contributed by atoms with Crippen molar-refractivity contribution in [2.24, 2.45) is 0 Å². The Hall–Kier alpha value is -0.900. The molecule has 1 rings (SSSR count). The standard InChI is InChI=1S/C5H9N4/c1-4-7-5(3-6-2)9-8-4/h3H2,1-2H3,(H,7,8,9)/q-1. The highest BCUT2D eigenvalue weighted by Crippen LogP contribution is 1.94. The van der Waals surface area contributed by atoms with Crippen LogP contribution >= 0.6 is 0 Å². The van der Waals surface area contributed by atoms with Gasteiger partial charge in [0.05, 0.1) is 0 Å². The molecule has 0 aromatic carbocycles. The maximum absolute atomic E-state index is 4.04. The molecular formula is C5H9N4-. The summed E-state index contributed by atoms with van der Waals surface area (Å²) in [5.41, 5.74) is 0. The van der Waals surface area contributed by atoms with Crippen LogP contribution in [0.2, 0.25) is 0 Å². The molecular weight excluding hydrogens is 116 g/mol. The summed E-state index contributed by atoms with van der Waals surface area (Å²) >= 11 is 0. The van der Waals surface area contributed by atoms with Gasteiger partial charge in [0, 0.05) is 0 Å². The van der Waals surface area contributed by atoms with Crippen molar-refractivity contribution in [2.75, 3.05) is 7.05 Å². The number of hydrogen-bond donors (Lipinski definition) is 1. The Balaban J connectivity index is 2.61. The predicted molar refractivity (Wildman–Crippen MR) is 34.1 cm³/mol. The number of aromatic amines is 1. The van der Waals surface area contributed by atoms with E-state index in [0.29, 0.717) is 6.54 Å². The van der Waals surface area contributed by atoms with Crippen LogP contribution in [0.1, 0.15) is 11.6 Å². The normalized spacial score (nSPS) is 10.0. The van der Waals surface area contributed by atoms with E-state index in [2.05, 4.69) is 20.5 Å². The van der Waals surface area contributed by atoms with Crippen molar-refractivity contribution in [3.05, 3.63) is 17.0 Å². The minimum absolute atomic E-state index is 0.602. The second-order valence-corrected chi connectivity index (χ2v) is 1.81. The molecule has 0 saturated heterocycles. The van der Waals surface area contributed by atoms with E-state index in [4.69, 9.17) is 0 Å². The third-order valence-corrected chi connectivity index (χ3v) is 0.943. The van der Waals surface area contributed by atoms with Crippen molar-refractivity contribution >= 4 is 0 Å². The predicted octanol–water partition coefficient (Wildman–Crippen LogP) is 0.617. The van der Waals surface area contributed by atoms with Gasteiger partial charge >= 0.3 is 0 Å². The topological polar surface area (TPSA) is 55.7 Å². The highest BCUT2D eigenvalue weighted by molar-refractivity contribution is 4.92. The Morgan fingerprint density at radius 3 is 2.89 bits per heavy atom. The lowest BCUT2D eigenvalue weighted by molar-refractivity contribution is 0.967. The van der Waals surface area contributed by atoms with Crippen molar-refractivity contribution in [1.82, 2.24) is 15.2 Å². The van der Waals surface area contributed by atoms with Gasteiger partial charge in [-0.05, 0) is 6.92 Å². The molecule has 0 bridgehead atoms. The molecule has 1 aromatic rings. The Morgan fingerprint density at radius 1 is 1.67 bits per heavy atom. The Kier molecular flexibility index (Phi) is 1.79. The number of nitrogens with zero attached hydrogens (tertiary/aromatic N) is 3. The first-order valence-electron chi connectivity index (χ1n) is 2.76. The zero-order chi connectivity index (χ0) is 6.69. The van der Waals surface area contributed by atoms with Crippen molar-refractivity contribution in [3.8, 4) is 0 Å². The van der Waals surface area contributed by atoms with E-state index >= 15 is 0 Å². The summed E-state index contributed by atoms with van der Waals surface area (Å²) in [7, 11) is 1.74. The van der Waals surface area contributed by atoms with E-state index in [9.17, 15) is 0 Å². The van der Waals surface area contributed by atoms with Gasteiger partial charge in [0.2, 0.25) is 0 Å². The molecule has 0 aliphatic heterocycles. The van der Waals surface area contributed by atoms with E-state index in [0.717, 1.165) is 11.6 Å². The van der Waals surface area contributed by atoms with Crippen LogP contribution in [0, 0.1) is 6.92 Å². The van der Waals surface area contributed by atoms with Gasteiger partial charge in [-0.3, -0.25) is 5.10 Å². The molecule has 4 nitrogen and oxygen atoms in total. The zero-order valence-corrected chi connectivity index (χ0v) is 5.55. The van der Waals surface area contributed by atoms with E-state index in [-0.39, 0.29) is 0 Å². The van der Waals surface area contributed by atoms with Crippen molar-refractivity contribution in [2.45, 2.75) is 13.5 Å². The minimum atomic E-state index is 0.602. The summed E-state index contributed by atoms with van der Waals surface area (Å²) in [6.07, 6.45) is 0. The van der Waals surface area contributed by atoms with Gasteiger partial charge in [-0.1, -0.05) is 6.54 Å². The van der Waals surface area contributed by atoms with Gasteiger partial charge in [0.15, 0.2) is 0 Å². The molecule has 0 spiro atoms. The van der Waals surface area contributed by atoms with E-state index < -0.39 is 0 Å². The summed E-state index contributed by atoms with van der Waals surface area (Å²) in [4.78, 5) is 4.04. The Morgan fingerprint density at radius 2 is 2.44 bits per heavy atom. The maximum atomic E-state index is 4.04. The third kappa shape index (κ3) is 1.50. The van der Waals surface area contributed by atoms with Gasteiger partial charge in [-0.15, -0.1) is 0 Å². The highest BCUT2D eigenvalue weighted by atomic mass is 15.2. The molecule has 1 N–H and O–H groups in total. The quantitative estimate of drug-likeness (QED) is 0.629. The average molecular weight is 125 g/mol. The van der Waals surface area contributed by atoms with Crippen LogP contribution in [0.3, 0.4) is 0 Å². The molecule has 9 heavy (non-hydrogen) atoms. The maximum Gasteiger partial charge on any atom is 0.130 e. The SMILES string of the molecule is C[N-]Cc1n[nH]c(C)n1. The van der Waals surface area contributed by atoms with Crippen LogP contribution in [0.25, 0.3) is 5.32 Å². The zero-order valence-electron chi connectivity index (χ0n) is 5.55. The van der Waals surface area contributed by atoms with Crippen molar-refractivity contribution < 1.29 is 0 Å². The van der Waals surface area contributed by atoms with Gasteiger partial charge < -0.3 is 5.32 Å². The summed E-state index contributed by atoms with van der Waals surface area (Å²) in [5, 5.41) is 10.5. The van der Waals surface area contributed by atoms with Gasteiger partial charge in [0.1, 0.15) is 11.6 Å². The van der Waals surface area contributed by atoms with Crippen LogP contribution in [0.5, 0.6) is 0 Å². The number of hydrogen-bond acceptors (Lipinski definition) is 2. The lowest BCUT2D eigenvalue weighted by atomic mass is 10.6. The molecule has 0 aliphatic carbocycles. The summed E-state index contributed by atoms with van der Waals surface area (Å²) < 4.78 is 0. The number of nitrogens with one attached hydrogen (secondary N) is 1. The van der Waals surface area contributed by atoms with Gasteiger partial charge in [-0.2, -0.15) is 12.1 Å². The molecule has 0 fully saturated rings. The first-order valence-corrected chi connectivity index (χ1v) is 2.76. The first kappa shape index (κ1) is 6.22. The number of aryl methyl sites for hydroxylation is 1. The first-order chi connectivity index (χ1) is 4.33. The fourth-order valence-electron chi connectivity index (χ4n) is 0.601. The molecule has 0 radical (unpaired) electrons. The largest absolute Gasteiger partial charge is 0.659 e. The summed E-state index contributed by atoms with van der Waals surface area (Å²) in [5.74, 6) is 1.60. The fourth-order valence-corrected chi connectivity index (χ4v) is 0.601. The summed E-state index contributed by atoms with van der Waals surface area (Å²) in [6.45, 7) is 2.47. The average Bonchev–Trinajstić information content (AvgIpc) is 2.17. The van der Waals surface area contributed by atoms with Crippen LogP contribution in [0.4, 0.5) is 0 Å². The number of H-pyrrole nitrogens is 1. The lowest BCUT2D eigenvalue weighted by Crippen LogP contribution is -1.84. The van der Waals surface area contributed by atoms with Crippen molar-refractivity contribution in [3.63, 3.8) is 0 Å². The lowest BCUT2D eigenvalue weighted by Gasteiger charge is -2.03. The molecule has 4 heteroatoms. The van der Waals surface area contributed by atoms with Gasteiger partial charge in [0.25, 0.3) is 0 Å². The second-order valence-electron chi connectivity index (χ2n) is 1.81. The van der Waals surface area contributed by atoms with Crippen LogP contribution in [0.15, 0.2) is 0 Å². The smallest absolute Gasteiger partial charge is 0.130 e. The van der Waals surface area contributed by atoms with Gasteiger partial charge in [-0.25, -0.2) is 4.98 Å². The van der Waals surface area contributed by atoms with Crippen LogP contribution in [-0.4, -0.2) is 22.2 Å².